The van der Waals surface area contributed by atoms with Gasteiger partial charge in [0.2, 0.25) is 0 Å². The number of anilines is 1. The zero-order chi connectivity index (χ0) is 20.1. The molecule has 0 fully saturated rings. The Balaban J connectivity index is 0.000000527. The topological polar surface area (TPSA) is 29.1 Å². The molecule has 0 saturated carbocycles. The van der Waals surface area contributed by atoms with Crippen LogP contribution in [0.25, 0.3) is 0 Å². The summed E-state index contributed by atoms with van der Waals surface area (Å²) in [4.78, 5) is 12.2. The van der Waals surface area contributed by atoms with Crippen molar-refractivity contribution in [2.75, 3.05) is 5.32 Å². The molecule has 0 spiro atoms. The molecule has 0 atom stereocenters. The van der Waals surface area contributed by atoms with Gasteiger partial charge in [-0.1, -0.05) is 73.9 Å². The van der Waals surface area contributed by atoms with Crippen molar-refractivity contribution in [3.8, 4) is 0 Å². The van der Waals surface area contributed by atoms with Crippen LogP contribution in [0.4, 0.5) is 5.69 Å². The molecule has 2 heteroatoms. The van der Waals surface area contributed by atoms with Crippen molar-refractivity contribution in [2.24, 2.45) is 0 Å². The molecule has 27 heavy (non-hydrogen) atoms. The molecule has 0 aliphatic heterocycles. The number of unbranched alkanes of at least 4 members (excludes halogenated alkanes) is 2. The second-order valence-corrected chi connectivity index (χ2v) is 6.95. The summed E-state index contributed by atoms with van der Waals surface area (Å²) in [6.45, 7) is 11.8. The summed E-state index contributed by atoms with van der Waals surface area (Å²) in [5.74, 6) is -0.0565. The normalized spacial score (nSPS) is 9.63. The van der Waals surface area contributed by atoms with E-state index in [-0.39, 0.29) is 5.91 Å². The summed E-state index contributed by atoms with van der Waals surface area (Å²) in [5, 5.41) is 2.92. The molecule has 2 aromatic rings. The van der Waals surface area contributed by atoms with Crippen LogP contribution in [0.2, 0.25) is 0 Å². The minimum Gasteiger partial charge on any atom is -0.322 e. The third-order valence-electron chi connectivity index (χ3n) is 4.05. The third kappa shape index (κ3) is 9.60. The van der Waals surface area contributed by atoms with Gasteiger partial charge < -0.3 is 5.32 Å². The number of carbonyl (C=O) groups is 1. The molecule has 0 heterocycles. The van der Waals surface area contributed by atoms with Crippen LogP contribution in [-0.2, 0) is 6.42 Å². The van der Waals surface area contributed by atoms with Gasteiger partial charge in [0, 0.05) is 11.3 Å². The SMILES string of the molecule is C=CC=C(C)C.CCCCCc1ccc(C(=O)Nc2ccc(C)cc2)cc1. The molecular weight excluding hydrogens is 330 g/mol. The maximum absolute atomic E-state index is 12.2. The van der Waals surface area contributed by atoms with Crippen LogP contribution in [0.3, 0.4) is 0 Å². The van der Waals surface area contributed by atoms with Crippen LogP contribution in [0.5, 0.6) is 0 Å². The van der Waals surface area contributed by atoms with Crippen molar-refractivity contribution >= 4 is 11.6 Å². The maximum Gasteiger partial charge on any atom is 0.255 e. The van der Waals surface area contributed by atoms with Gasteiger partial charge >= 0.3 is 0 Å². The number of amides is 1. The monoisotopic (exact) mass is 363 g/mol. The molecule has 0 saturated heterocycles. The van der Waals surface area contributed by atoms with Gasteiger partial charge in [-0.25, -0.2) is 0 Å². The standard InChI is InChI=1S/C19H23NO.C6H10/c1-3-4-5-6-16-9-11-17(12-10-16)19(21)20-18-13-7-15(2)8-14-18;1-4-5-6(2)3/h7-14H,3-6H2,1-2H3,(H,20,21);4-5H,1H2,2-3H3. The van der Waals surface area contributed by atoms with E-state index in [4.69, 9.17) is 0 Å². The Labute approximate surface area is 165 Å². The van der Waals surface area contributed by atoms with Crippen LogP contribution in [0, 0.1) is 6.92 Å². The predicted octanol–water partition coefficient (Wildman–Crippen LogP) is 7.12. The first-order valence-electron chi connectivity index (χ1n) is 9.69. The van der Waals surface area contributed by atoms with E-state index in [1.807, 2.05) is 63.2 Å². The van der Waals surface area contributed by atoms with Crippen molar-refractivity contribution in [1.29, 1.82) is 0 Å². The van der Waals surface area contributed by atoms with Gasteiger partial charge in [0.05, 0.1) is 0 Å². The fourth-order valence-electron chi connectivity index (χ4n) is 2.48. The average Bonchev–Trinajstić information content (AvgIpc) is 2.65. The van der Waals surface area contributed by atoms with E-state index < -0.39 is 0 Å². The molecule has 0 aromatic heterocycles. The molecule has 0 bridgehead atoms. The van der Waals surface area contributed by atoms with E-state index >= 15 is 0 Å². The Morgan fingerprint density at radius 3 is 2.11 bits per heavy atom. The molecular formula is C25H33NO. The first kappa shape index (κ1) is 22.4. The fourth-order valence-corrected chi connectivity index (χ4v) is 2.48. The van der Waals surface area contributed by atoms with E-state index in [2.05, 4.69) is 31.0 Å². The summed E-state index contributed by atoms with van der Waals surface area (Å²) in [7, 11) is 0. The van der Waals surface area contributed by atoms with Crippen molar-refractivity contribution in [3.63, 3.8) is 0 Å². The molecule has 0 aliphatic carbocycles. The Kier molecular flexibility index (Phi) is 10.5. The van der Waals surface area contributed by atoms with Crippen molar-refractivity contribution in [2.45, 2.75) is 53.4 Å². The molecule has 0 aliphatic rings. The number of hydrogen-bond donors (Lipinski definition) is 1. The maximum atomic E-state index is 12.2. The largest absolute Gasteiger partial charge is 0.322 e. The number of hydrogen-bond acceptors (Lipinski definition) is 1. The van der Waals surface area contributed by atoms with Crippen molar-refractivity contribution in [3.05, 3.63) is 89.5 Å². The lowest BCUT2D eigenvalue weighted by Gasteiger charge is -2.07. The van der Waals surface area contributed by atoms with E-state index in [1.54, 1.807) is 6.08 Å². The third-order valence-corrected chi connectivity index (χ3v) is 4.05. The van der Waals surface area contributed by atoms with Crippen molar-refractivity contribution < 1.29 is 4.79 Å². The summed E-state index contributed by atoms with van der Waals surface area (Å²) in [5.41, 5.74) is 5.32. The minimum absolute atomic E-state index is 0.0565. The van der Waals surface area contributed by atoms with E-state index in [0.29, 0.717) is 5.56 Å². The summed E-state index contributed by atoms with van der Waals surface area (Å²) in [6, 6.07) is 15.8. The predicted molar refractivity (Wildman–Crippen MR) is 118 cm³/mol. The van der Waals surface area contributed by atoms with Crippen LogP contribution >= 0.6 is 0 Å². The number of carbonyl (C=O) groups excluding carboxylic acids is 1. The first-order valence-corrected chi connectivity index (χ1v) is 9.69. The summed E-state index contributed by atoms with van der Waals surface area (Å²) < 4.78 is 0. The quantitative estimate of drug-likeness (QED) is 0.412. The second-order valence-electron chi connectivity index (χ2n) is 6.95. The molecule has 2 rings (SSSR count). The number of nitrogens with one attached hydrogen (secondary N) is 1. The first-order chi connectivity index (χ1) is 13.0. The number of benzene rings is 2. The zero-order valence-corrected chi connectivity index (χ0v) is 17.2. The molecule has 0 unspecified atom stereocenters. The van der Waals surface area contributed by atoms with Crippen LogP contribution in [0.1, 0.15) is 61.5 Å². The Bertz CT molecular complexity index is 720. The molecule has 0 radical (unpaired) electrons. The van der Waals surface area contributed by atoms with Gasteiger partial charge in [-0.2, -0.15) is 0 Å². The van der Waals surface area contributed by atoms with E-state index in [1.165, 1.54) is 36.0 Å². The van der Waals surface area contributed by atoms with E-state index in [0.717, 1.165) is 12.1 Å². The highest BCUT2D eigenvalue weighted by Crippen LogP contribution is 2.13. The van der Waals surface area contributed by atoms with Gasteiger partial charge in [0.25, 0.3) is 5.91 Å². The van der Waals surface area contributed by atoms with E-state index in [9.17, 15) is 4.79 Å². The minimum atomic E-state index is -0.0565. The van der Waals surface area contributed by atoms with Gasteiger partial charge in [-0.15, -0.1) is 0 Å². The van der Waals surface area contributed by atoms with Gasteiger partial charge in [0.1, 0.15) is 0 Å². The van der Waals surface area contributed by atoms with Gasteiger partial charge in [-0.05, 0) is 63.4 Å². The second kappa shape index (κ2) is 12.7. The van der Waals surface area contributed by atoms with Crippen molar-refractivity contribution in [1.82, 2.24) is 0 Å². The highest BCUT2D eigenvalue weighted by Gasteiger charge is 2.05. The fraction of sp³-hybridized carbons (Fsp3) is 0.320. The lowest BCUT2D eigenvalue weighted by molar-refractivity contribution is 0.102. The molecule has 144 valence electrons. The Morgan fingerprint density at radius 2 is 1.63 bits per heavy atom. The number of aryl methyl sites for hydroxylation is 2. The molecule has 1 amide bonds. The lowest BCUT2D eigenvalue weighted by Crippen LogP contribution is -2.11. The average molecular weight is 364 g/mol. The molecule has 2 nitrogen and oxygen atoms in total. The van der Waals surface area contributed by atoms with Gasteiger partial charge in [-0.3, -0.25) is 4.79 Å². The van der Waals surface area contributed by atoms with Crippen LogP contribution in [-0.4, -0.2) is 5.91 Å². The van der Waals surface area contributed by atoms with Crippen LogP contribution < -0.4 is 5.32 Å². The highest BCUT2D eigenvalue weighted by atomic mass is 16.1. The molecule has 2 aromatic carbocycles. The van der Waals surface area contributed by atoms with Gasteiger partial charge in [0.15, 0.2) is 0 Å². The van der Waals surface area contributed by atoms with Crippen LogP contribution in [0.15, 0.2) is 72.8 Å². The Morgan fingerprint density at radius 1 is 1.00 bits per heavy atom. The Hall–Kier alpha value is -2.61. The molecule has 1 N–H and O–H groups in total. The highest BCUT2D eigenvalue weighted by molar-refractivity contribution is 6.04. The number of rotatable bonds is 7. The lowest BCUT2D eigenvalue weighted by atomic mass is 10.1. The smallest absolute Gasteiger partial charge is 0.255 e. The summed E-state index contributed by atoms with van der Waals surface area (Å²) in [6.07, 6.45) is 8.56. The number of allylic oxidation sites excluding steroid dienone is 3. The zero-order valence-electron chi connectivity index (χ0n) is 17.2. The summed E-state index contributed by atoms with van der Waals surface area (Å²) >= 11 is 0.